The van der Waals surface area contributed by atoms with E-state index in [-0.39, 0.29) is 0 Å². The molecule has 7 nitrogen and oxygen atoms in total. The highest BCUT2D eigenvalue weighted by Gasteiger charge is 2.36. The van der Waals surface area contributed by atoms with E-state index in [4.69, 9.17) is 38.6 Å². The van der Waals surface area contributed by atoms with Crippen molar-refractivity contribution in [2.75, 3.05) is 92.5 Å². The first kappa shape index (κ1) is 25.8. The van der Waals surface area contributed by atoms with Crippen molar-refractivity contribution in [3.8, 4) is 0 Å². The van der Waals surface area contributed by atoms with E-state index in [1.54, 1.807) is 0 Å². The molecule has 0 aliphatic carbocycles. The normalized spacial score (nSPS) is 14.1. The van der Waals surface area contributed by atoms with Crippen molar-refractivity contribution in [1.82, 2.24) is 0 Å². The minimum Gasteiger partial charge on any atom is -0.381 e. The van der Waals surface area contributed by atoms with Crippen LogP contribution in [0.2, 0.25) is 0 Å². The van der Waals surface area contributed by atoms with E-state index < -0.39 is 10.8 Å². The molecule has 0 atom stereocenters. The van der Waals surface area contributed by atoms with Crippen molar-refractivity contribution < 1.29 is 38.6 Å². The standard InChI is InChI=1S/C26H54O7/c1-7-13-29-19-25(17-27-11-5,20-30-14-8-2)23-33-24-26(18-28-12-6,21-31-15-9-3)22-32-16-10-4/h7-24H2,1-6H3/i1T,2T,3T,4T. The number of ether oxygens (including phenoxy) is 7. The van der Waals surface area contributed by atoms with Crippen LogP contribution in [0.3, 0.4) is 0 Å². The highest BCUT2D eigenvalue weighted by molar-refractivity contribution is 4.83. The molecule has 0 aliphatic heterocycles. The molecule has 0 aromatic heterocycles. The van der Waals surface area contributed by atoms with Crippen LogP contribution in [0.1, 0.15) is 72.6 Å². The van der Waals surface area contributed by atoms with Crippen molar-refractivity contribution in [3.63, 3.8) is 0 Å². The molecule has 0 aromatic rings. The molecular formula is C26H54O7. The van der Waals surface area contributed by atoms with Crippen molar-refractivity contribution in [2.45, 2.75) is 67.1 Å². The maximum absolute atomic E-state index is 7.37. The Hall–Kier alpha value is -0.280. The van der Waals surface area contributed by atoms with Crippen molar-refractivity contribution in [2.24, 2.45) is 10.8 Å². The zero-order chi connectivity index (χ0) is 27.5. The Kier molecular flexibility index (Phi) is 17.4. The molecule has 0 aliphatic rings. The smallest absolute Gasteiger partial charge is 0.0637 e. The Morgan fingerprint density at radius 1 is 0.424 bits per heavy atom. The van der Waals surface area contributed by atoms with Gasteiger partial charge in [0.25, 0.3) is 0 Å². The van der Waals surface area contributed by atoms with Gasteiger partial charge >= 0.3 is 0 Å². The molecular weight excluding hydrogens is 424 g/mol. The van der Waals surface area contributed by atoms with E-state index >= 15 is 0 Å². The van der Waals surface area contributed by atoms with E-state index in [1.165, 1.54) is 0 Å². The summed E-state index contributed by atoms with van der Waals surface area (Å²) in [4.78, 5) is 0. The summed E-state index contributed by atoms with van der Waals surface area (Å²) in [5, 5.41) is 0. The van der Waals surface area contributed by atoms with Gasteiger partial charge in [0, 0.05) is 45.1 Å². The molecule has 7 heteroatoms. The van der Waals surface area contributed by atoms with Crippen LogP contribution in [-0.2, 0) is 33.2 Å². The van der Waals surface area contributed by atoms with Crippen LogP contribution < -0.4 is 0 Å². The molecule has 33 heavy (non-hydrogen) atoms. The Morgan fingerprint density at radius 3 is 0.970 bits per heavy atom. The third kappa shape index (κ3) is 16.1. The van der Waals surface area contributed by atoms with Gasteiger partial charge in [0.2, 0.25) is 0 Å². The van der Waals surface area contributed by atoms with E-state index in [0.717, 1.165) is 0 Å². The fraction of sp³-hybridized carbons (Fsp3) is 1.00. The lowest BCUT2D eigenvalue weighted by Gasteiger charge is -2.36. The molecule has 0 amide bonds. The van der Waals surface area contributed by atoms with Gasteiger partial charge in [-0.15, -0.1) is 0 Å². The van der Waals surface area contributed by atoms with Crippen LogP contribution in [0.5, 0.6) is 0 Å². The molecule has 0 saturated carbocycles. The summed E-state index contributed by atoms with van der Waals surface area (Å²) < 4.78 is 71.2. The van der Waals surface area contributed by atoms with E-state index in [2.05, 4.69) is 0 Å². The van der Waals surface area contributed by atoms with Crippen molar-refractivity contribution in [3.05, 3.63) is 0 Å². The number of hydrogen-bond donors (Lipinski definition) is 0. The van der Waals surface area contributed by atoms with Crippen LogP contribution in [0.4, 0.5) is 0 Å². The SMILES string of the molecule is [3H]CCCOCC(COCC)(COCCC[3H])COCC(COCC)(COCCC[3H])COCCC[3H]. The van der Waals surface area contributed by atoms with E-state index in [9.17, 15) is 0 Å². The topological polar surface area (TPSA) is 64.6 Å². The quantitative estimate of drug-likeness (QED) is 0.163. The lowest BCUT2D eigenvalue weighted by Crippen LogP contribution is -2.46. The molecule has 0 aromatic carbocycles. The minimum atomic E-state index is -0.532. The Balaban J connectivity index is 5.49. The van der Waals surface area contributed by atoms with Gasteiger partial charge in [-0.05, 0) is 39.5 Å². The largest absolute Gasteiger partial charge is 0.381 e. The number of hydrogen-bond acceptors (Lipinski definition) is 7. The molecule has 0 N–H and O–H groups in total. The first-order valence-electron chi connectivity index (χ1n) is 15.1. The molecule has 0 radical (unpaired) electrons. The van der Waals surface area contributed by atoms with Gasteiger partial charge in [-0.2, -0.15) is 0 Å². The van der Waals surface area contributed by atoms with Crippen molar-refractivity contribution >= 4 is 0 Å². The van der Waals surface area contributed by atoms with Gasteiger partial charge in [0.05, 0.1) is 63.7 Å². The van der Waals surface area contributed by atoms with Crippen molar-refractivity contribution in [1.29, 1.82) is 0 Å². The molecule has 0 heterocycles. The maximum Gasteiger partial charge on any atom is 0.0637 e. The van der Waals surface area contributed by atoms with Crippen LogP contribution in [0, 0.1) is 10.8 Å². The van der Waals surface area contributed by atoms with Crippen LogP contribution in [0.25, 0.3) is 0 Å². The zero-order valence-corrected chi connectivity index (χ0v) is 21.4. The molecule has 200 valence electrons. The highest BCUT2D eigenvalue weighted by atomic mass is 16.5. The molecule has 0 fully saturated rings. The summed E-state index contributed by atoms with van der Waals surface area (Å²) in [5.74, 6) is 0. The molecule has 0 rings (SSSR count). The summed E-state index contributed by atoms with van der Waals surface area (Å²) in [7, 11) is 0. The minimum absolute atomic E-state index is 0.315. The highest BCUT2D eigenvalue weighted by Crippen LogP contribution is 2.25. The Bertz CT molecular complexity index is 414. The lowest BCUT2D eigenvalue weighted by molar-refractivity contribution is -0.141. The Labute approximate surface area is 209 Å². The predicted octanol–water partition coefficient (Wildman–Crippen LogP) is 4.76. The van der Waals surface area contributed by atoms with Gasteiger partial charge in [0.1, 0.15) is 0 Å². The molecule has 0 unspecified atom stereocenters. The van der Waals surface area contributed by atoms with Crippen LogP contribution >= 0.6 is 0 Å². The summed E-state index contributed by atoms with van der Waals surface area (Å²) in [6.07, 6.45) is 2.64. The van der Waals surface area contributed by atoms with Crippen LogP contribution in [0.15, 0.2) is 0 Å². The molecule has 0 bridgehead atoms. The monoisotopic (exact) mass is 486 g/mol. The summed E-state index contributed by atoms with van der Waals surface area (Å²) in [6, 6.07) is 0. The van der Waals surface area contributed by atoms with E-state index in [1.807, 2.05) is 13.8 Å². The fourth-order valence-electron chi connectivity index (χ4n) is 3.18. The first-order chi connectivity index (χ1) is 18.1. The second kappa shape index (κ2) is 22.2. The molecule has 0 saturated heterocycles. The Morgan fingerprint density at radius 2 is 0.697 bits per heavy atom. The average molecular weight is 487 g/mol. The maximum atomic E-state index is 7.37. The second-order valence-electron chi connectivity index (χ2n) is 8.39. The summed E-state index contributed by atoms with van der Waals surface area (Å²) in [5.41, 5.74) is -1.06. The lowest BCUT2D eigenvalue weighted by atomic mass is 9.90. The predicted molar refractivity (Wildman–Crippen MR) is 133 cm³/mol. The second-order valence-corrected chi connectivity index (χ2v) is 8.39. The van der Waals surface area contributed by atoms with E-state index in [0.29, 0.717) is 146 Å². The third-order valence-electron chi connectivity index (χ3n) is 4.83. The van der Waals surface area contributed by atoms with Gasteiger partial charge in [-0.25, -0.2) is 0 Å². The summed E-state index contributed by atoms with van der Waals surface area (Å²) >= 11 is 0. The first-order valence-corrected chi connectivity index (χ1v) is 12.3. The molecule has 0 spiro atoms. The number of rotatable bonds is 26. The summed E-state index contributed by atoms with van der Waals surface area (Å²) in [6.45, 7) is 11.2. The van der Waals surface area contributed by atoms with Gasteiger partial charge < -0.3 is 33.2 Å². The van der Waals surface area contributed by atoms with Gasteiger partial charge in [0.15, 0.2) is 0 Å². The zero-order valence-electron chi connectivity index (χ0n) is 25.4. The van der Waals surface area contributed by atoms with Gasteiger partial charge in [-0.1, -0.05) is 27.6 Å². The third-order valence-corrected chi connectivity index (χ3v) is 4.83. The van der Waals surface area contributed by atoms with Gasteiger partial charge in [-0.3, -0.25) is 0 Å². The van der Waals surface area contributed by atoms with Crippen LogP contribution in [-0.4, -0.2) is 92.5 Å². The average Bonchev–Trinajstić information content (AvgIpc) is 2.91. The fourth-order valence-corrected chi connectivity index (χ4v) is 3.18.